The molecule has 3 aromatic rings. The average Bonchev–Trinajstić information content (AvgIpc) is 2.83. The number of anilines is 2. The second kappa shape index (κ2) is 7.32. The molecule has 3 aromatic carbocycles. The molecule has 0 aliphatic carbocycles. The summed E-state index contributed by atoms with van der Waals surface area (Å²) in [7, 11) is 0. The van der Waals surface area contributed by atoms with Crippen molar-refractivity contribution in [2.75, 3.05) is 10.6 Å². The van der Waals surface area contributed by atoms with E-state index >= 15 is 0 Å². The van der Waals surface area contributed by atoms with Gasteiger partial charge in [0.1, 0.15) is 5.75 Å². The van der Waals surface area contributed by atoms with E-state index in [1.807, 2.05) is 19.1 Å². The first-order chi connectivity index (χ1) is 14.3. The van der Waals surface area contributed by atoms with Gasteiger partial charge >= 0.3 is 0 Å². The Morgan fingerprint density at radius 1 is 1.03 bits per heavy atom. The monoisotopic (exact) mass is 403 g/mol. The van der Waals surface area contributed by atoms with Crippen molar-refractivity contribution in [3.63, 3.8) is 0 Å². The number of nitrogens with zero attached hydrogens (tertiary/aromatic N) is 1. The Bertz CT molecular complexity index is 1220. The highest BCUT2D eigenvalue weighted by atomic mass is 16.6. The molecule has 0 saturated heterocycles. The third-order valence-corrected chi connectivity index (χ3v) is 4.75. The van der Waals surface area contributed by atoms with Crippen LogP contribution in [0.25, 0.3) is 0 Å². The number of amides is 2. The summed E-state index contributed by atoms with van der Waals surface area (Å²) < 4.78 is 5.86. The Morgan fingerprint density at radius 2 is 1.80 bits per heavy atom. The lowest BCUT2D eigenvalue weighted by Gasteiger charge is -2.10. The molecular weight excluding hydrogens is 386 g/mol. The van der Waals surface area contributed by atoms with Crippen LogP contribution in [0.15, 0.2) is 54.6 Å². The summed E-state index contributed by atoms with van der Waals surface area (Å²) in [6, 6.07) is 14.4. The van der Waals surface area contributed by atoms with Gasteiger partial charge < -0.3 is 15.4 Å². The third kappa shape index (κ3) is 3.58. The molecule has 0 unspecified atom stereocenters. The number of carbonyl (C=O) groups is 2. The zero-order chi connectivity index (χ0) is 21.4. The van der Waals surface area contributed by atoms with Crippen LogP contribution in [0.3, 0.4) is 0 Å². The van der Waals surface area contributed by atoms with Crippen molar-refractivity contribution in [2.45, 2.75) is 13.8 Å². The molecule has 2 N–H and O–H groups in total. The summed E-state index contributed by atoms with van der Waals surface area (Å²) in [6.07, 6.45) is 0. The maximum atomic E-state index is 12.7. The van der Waals surface area contributed by atoms with Gasteiger partial charge in [0.25, 0.3) is 17.5 Å². The number of carbonyl (C=O) groups excluding carboxylic acids is 2. The first-order valence-electron chi connectivity index (χ1n) is 9.12. The number of rotatable bonds is 3. The molecule has 0 fully saturated rings. The highest BCUT2D eigenvalue weighted by Gasteiger charge is 2.22. The van der Waals surface area contributed by atoms with Crippen molar-refractivity contribution >= 4 is 28.9 Å². The van der Waals surface area contributed by atoms with E-state index in [9.17, 15) is 19.7 Å². The predicted molar refractivity (Wildman–Crippen MR) is 111 cm³/mol. The van der Waals surface area contributed by atoms with Crippen molar-refractivity contribution in [1.82, 2.24) is 0 Å². The Kier molecular flexibility index (Phi) is 4.67. The minimum absolute atomic E-state index is 0.134. The molecule has 0 bridgehead atoms. The number of nitrogens with one attached hydrogen (secondary N) is 2. The number of aryl methyl sites for hydroxylation is 2. The van der Waals surface area contributed by atoms with E-state index in [2.05, 4.69) is 10.6 Å². The molecule has 150 valence electrons. The van der Waals surface area contributed by atoms with Crippen molar-refractivity contribution in [2.24, 2.45) is 0 Å². The van der Waals surface area contributed by atoms with Crippen LogP contribution >= 0.6 is 0 Å². The minimum atomic E-state index is -0.532. The maximum absolute atomic E-state index is 12.7. The van der Waals surface area contributed by atoms with Crippen molar-refractivity contribution in [3.05, 3.63) is 87.0 Å². The van der Waals surface area contributed by atoms with E-state index in [1.165, 1.54) is 24.3 Å². The van der Waals surface area contributed by atoms with Gasteiger partial charge in [-0.05, 0) is 55.8 Å². The van der Waals surface area contributed by atoms with E-state index in [1.54, 1.807) is 25.1 Å². The third-order valence-electron chi connectivity index (χ3n) is 4.75. The molecule has 0 radical (unpaired) electrons. The van der Waals surface area contributed by atoms with E-state index in [4.69, 9.17) is 4.74 Å². The Morgan fingerprint density at radius 3 is 2.57 bits per heavy atom. The molecule has 2 amide bonds. The molecule has 0 aromatic heterocycles. The predicted octanol–water partition coefficient (Wildman–Crippen LogP) is 4.82. The number of ether oxygens (including phenoxy) is 1. The molecular formula is C22H17N3O5. The molecule has 1 aliphatic rings. The standard InChI is InChI=1S/C22H17N3O5/c1-12-3-7-20-17(9-12)24-22(27)16-11-15(6-8-19(16)30-20)23-21(26)14-5-4-13(2)18(10-14)25(28)29/h3-11H,1-2H3,(H,23,26)(H,24,27). The minimum Gasteiger partial charge on any atom is -0.454 e. The molecule has 0 spiro atoms. The molecule has 8 nitrogen and oxygen atoms in total. The van der Waals surface area contributed by atoms with Crippen LogP contribution in [0.5, 0.6) is 11.5 Å². The van der Waals surface area contributed by atoms with Crippen molar-refractivity contribution < 1.29 is 19.2 Å². The van der Waals surface area contributed by atoms with E-state index in [0.717, 1.165) is 5.56 Å². The first kappa shape index (κ1) is 19.1. The number of nitro benzene ring substituents is 1. The van der Waals surface area contributed by atoms with Crippen LogP contribution in [-0.2, 0) is 0 Å². The molecule has 1 heterocycles. The Hall–Kier alpha value is -4.20. The van der Waals surface area contributed by atoms with Gasteiger partial charge in [-0.25, -0.2) is 0 Å². The van der Waals surface area contributed by atoms with E-state index in [-0.39, 0.29) is 22.7 Å². The quantitative estimate of drug-likeness (QED) is 0.481. The zero-order valence-corrected chi connectivity index (χ0v) is 16.2. The van der Waals surface area contributed by atoms with Gasteiger partial charge in [-0.1, -0.05) is 12.1 Å². The lowest BCUT2D eigenvalue weighted by atomic mass is 10.1. The summed E-state index contributed by atoms with van der Waals surface area (Å²) in [5.41, 5.74) is 2.64. The fourth-order valence-corrected chi connectivity index (χ4v) is 3.16. The molecule has 0 saturated carbocycles. The number of hydrogen-bond donors (Lipinski definition) is 2. The fourth-order valence-electron chi connectivity index (χ4n) is 3.16. The van der Waals surface area contributed by atoms with Crippen molar-refractivity contribution in [1.29, 1.82) is 0 Å². The zero-order valence-electron chi connectivity index (χ0n) is 16.2. The smallest absolute Gasteiger partial charge is 0.273 e. The second-order valence-electron chi connectivity index (χ2n) is 6.98. The van der Waals surface area contributed by atoms with Gasteiger partial charge in [0.2, 0.25) is 0 Å². The van der Waals surface area contributed by atoms with Gasteiger partial charge in [0.15, 0.2) is 5.75 Å². The van der Waals surface area contributed by atoms with E-state index in [0.29, 0.717) is 28.4 Å². The lowest BCUT2D eigenvalue weighted by Crippen LogP contribution is -2.14. The molecule has 30 heavy (non-hydrogen) atoms. The Labute approximate surface area is 171 Å². The van der Waals surface area contributed by atoms with E-state index < -0.39 is 10.8 Å². The van der Waals surface area contributed by atoms with Crippen molar-refractivity contribution in [3.8, 4) is 11.5 Å². The molecule has 8 heteroatoms. The van der Waals surface area contributed by atoms with Crippen LogP contribution in [0, 0.1) is 24.0 Å². The number of benzene rings is 3. The summed E-state index contributed by atoms with van der Waals surface area (Å²) in [5.74, 6) is -0.00106. The van der Waals surface area contributed by atoms with Gasteiger partial charge in [-0.2, -0.15) is 0 Å². The summed E-state index contributed by atoms with van der Waals surface area (Å²) >= 11 is 0. The van der Waals surface area contributed by atoms with Crippen LogP contribution in [-0.4, -0.2) is 16.7 Å². The maximum Gasteiger partial charge on any atom is 0.273 e. The van der Waals surface area contributed by atoms with Crippen LogP contribution in [0.4, 0.5) is 17.1 Å². The number of hydrogen-bond acceptors (Lipinski definition) is 5. The van der Waals surface area contributed by atoms with Gasteiger partial charge in [0, 0.05) is 22.9 Å². The molecule has 1 aliphatic heterocycles. The lowest BCUT2D eigenvalue weighted by molar-refractivity contribution is -0.385. The normalized spacial score (nSPS) is 12.0. The first-order valence-corrected chi connectivity index (χ1v) is 9.12. The SMILES string of the molecule is Cc1ccc2c(c1)NC(=O)c1cc(NC(=O)c3ccc(C)c([N+](=O)[O-])c3)ccc1O2. The second-order valence-corrected chi connectivity index (χ2v) is 6.98. The number of nitro groups is 1. The molecule has 4 rings (SSSR count). The topological polar surface area (TPSA) is 111 Å². The summed E-state index contributed by atoms with van der Waals surface area (Å²) in [4.78, 5) is 35.8. The van der Waals surface area contributed by atoms with Crippen LogP contribution in [0.2, 0.25) is 0 Å². The highest BCUT2D eigenvalue weighted by Crippen LogP contribution is 2.37. The summed E-state index contributed by atoms with van der Waals surface area (Å²) in [5, 5.41) is 16.6. The van der Waals surface area contributed by atoms with Crippen LogP contribution < -0.4 is 15.4 Å². The highest BCUT2D eigenvalue weighted by molar-refractivity contribution is 6.10. The summed E-state index contributed by atoms with van der Waals surface area (Å²) in [6.45, 7) is 3.51. The van der Waals surface area contributed by atoms with Gasteiger partial charge in [-0.15, -0.1) is 0 Å². The average molecular weight is 403 g/mol. The van der Waals surface area contributed by atoms with Gasteiger partial charge in [-0.3, -0.25) is 19.7 Å². The largest absolute Gasteiger partial charge is 0.454 e. The van der Waals surface area contributed by atoms with Gasteiger partial charge in [0.05, 0.1) is 16.2 Å². The fraction of sp³-hybridized carbons (Fsp3) is 0.0909. The molecule has 0 atom stereocenters. The van der Waals surface area contributed by atoms with Crippen LogP contribution in [0.1, 0.15) is 31.8 Å². The number of fused-ring (bicyclic) bond motifs is 2. The Balaban J connectivity index is 1.61.